The molecule has 2 atom stereocenters. The van der Waals surface area contributed by atoms with E-state index in [0.29, 0.717) is 5.75 Å². The number of rotatable bonds is 6. The molecule has 1 aromatic carbocycles. The number of ether oxygens (including phenoxy) is 3. The van der Waals surface area contributed by atoms with Crippen molar-refractivity contribution in [1.82, 2.24) is 0 Å². The van der Waals surface area contributed by atoms with E-state index >= 15 is 0 Å². The van der Waals surface area contributed by atoms with Gasteiger partial charge in [-0.2, -0.15) is 0 Å². The Hall–Kier alpha value is -0.370. The highest BCUT2D eigenvalue weighted by Gasteiger charge is 2.16. The standard InChI is InChI=1S/C13H13Br3O4/c1-4-12(17)19-7(2)18-8(3)20-13-10(15)5-9(14)6-11(13)16/h4-8H,1H2,2-3H3. The van der Waals surface area contributed by atoms with E-state index in [2.05, 4.69) is 54.4 Å². The maximum absolute atomic E-state index is 11.0. The van der Waals surface area contributed by atoms with Gasteiger partial charge in [0.25, 0.3) is 0 Å². The van der Waals surface area contributed by atoms with Crippen molar-refractivity contribution in [2.24, 2.45) is 0 Å². The lowest BCUT2D eigenvalue weighted by Gasteiger charge is -2.21. The average molecular weight is 473 g/mol. The maximum Gasteiger partial charge on any atom is 0.332 e. The highest BCUT2D eigenvalue weighted by Crippen LogP contribution is 2.37. The predicted molar refractivity (Wildman–Crippen MR) is 86.5 cm³/mol. The van der Waals surface area contributed by atoms with Crippen molar-refractivity contribution in [3.05, 3.63) is 38.2 Å². The fourth-order valence-corrected chi connectivity index (χ4v) is 3.79. The topological polar surface area (TPSA) is 44.8 Å². The van der Waals surface area contributed by atoms with Gasteiger partial charge in [0, 0.05) is 10.5 Å². The molecule has 0 saturated carbocycles. The van der Waals surface area contributed by atoms with Crippen molar-refractivity contribution in [2.75, 3.05) is 0 Å². The van der Waals surface area contributed by atoms with Gasteiger partial charge in [0.2, 0.25) is 12.6 Å². The van der Waals surface area contributed by atoms with Gasteiger partial charge in [0.1, 0.15) is 0 Å². The van der Waals surface area contributed by atoms with Crippen LogP contribution in [0.25, 0.3) is 0 Å². The van der Waals surface area contributed by atoms with Crippen LogP contribution in [0.5, 0.6) is 5.75 Å². The number of esters is 1. The molecule has 7 heteroatoms. The van der Waals surface area contributed by atoms with Gasteiger partial charge in [-0.25, -0.2) is 4.79 Å². The van der Waals surface area contributed by atoms with E-state index in [9.17, 15) is 4.79 Å². The second-order valence-corrected chi connectivity index (χ2v) is 6.35. The van der Waals surface area contributed by atoms with Crippen molar-refractivity contribution < 1.29 is 19.0 Å². The van der Waals surface area contributed by atoms with Crippen LogP contribution >= 0.6 is 47.8 Å². The van der Waals surface area contributed by atoms with E-state index in [1.54, 1.807) is 13.8 Å². The van der Waals surface area contributed by atoms with E-state index < -0.39 is 18.5 Å². The van der Waals surface area contributed by atoms with Crippen molar-refractivity contribution in [2.45, 2.75) is 26.4 Å². The summed E-state index contributed by atoms with van der Waals surface area (Å²) in [6.07, 6.45) is -0.257. The third-order valence-electron chi connectivity index (χ3n) is 2.08. The average Bonchev–Trinajstić information content (AvgIpc) is 2.33. The molecule has 0 aromatic heterocycles. The molecule has 20 heavy (non-hydrogen) atoms. The van der Waals surface area contributed by atoms with E-state index in [1.807, 2.05) is 12.1 Å². The molecule has 0 radical (unpaired) electrons. The van der Waals surface area contributed by atoms with E-state index in [4.69, 9.17) is 14.2 Å². The summed E-state index contributed by atoms with van der Waals surface area (Å²) in [5, 5.41) is 0. The van der Waals surface area contributed by atoms with E-state index in [0.717, 1.165) is 19.5 Å². The quantitative estimate of drug-likeness (QED) is 0.339. The summed E-state index contributed by atoms with van der Waals surface area (Å²) in [5.74, 6) is 0.0543. The highest BCUT2D eigenvalue weighted by atomic mass is 79.9. The van der Waals surface area contributed by atoms with Crippen LogP contribution in [-0.4, -0.2) is 18.5 Å². The minimum absolute atomic E-state index is 0.546. The monoisotopic (exact) mass is 470 g/mol. The van der Waals surface area contributed by atoms with E-state index in [-0.39, 0.29) is 0 Å². The molecular weight excluding hydrogens is 460 g/mol. The first-order valence-corrected chi connectivity index (χ1v) is 8.01. The third-order valence-corrected chi connectivity index (χ3v) is 3.71. The lowest BCUT2D eigenvalue weighted by Crippen LogP contribution is -2.26. The molecule has 0 N–H and O–H groups in total. The molecule has 0 saturated heterocycles. The van der Waals surface area contributed by atoms with Gasteiger partial charge in [0.15, 0.2) is 5.75 Å². The molecule has 110 valence electrons. The smallest absolute Gasteiger partial charge is 0.332 e. The molecule has 1 rings (SSSR count). The summed E-state index contributed by atoms with van der Waals surface area (Å²) in [5.41, 5.74) is 0. The third kappa shape index (κ3) is 5.55. The fourth-order valence-electron chi connectivity index (χ4n) is 1.34. The Kier molecular flexibility index (Phi) is 7.22. The summed E-state index contributed by atoms with van der Waals surface area (Å²) < 4.78 is 18.4. The van der Waals surface area contributed by atoms with Crippen molar-refractivity contribution in [3.8, 4) is 5.75 Å². The molecule has 0 bridgehead atoms. The lowest BCUT2D eigenvalue weighted by atomic mass is 10.3. The zero-order valence-electron chi connectivity index (χ0n) is 10.9. The normalized spacial score (nSPS) is 13.4. The molecule has 0 aliphatic rings. The summed E-state index contributed by atoms with van der Waals surface area (Å²) in [4.78, 5) is 11.0. The van der Waals surface area contributed by atoms with Gasteiger partial charge in [-0.3, -0.25) is 0 Å². The van der Waals surface area contributed by atoms with Crippen LogP contribution in [0.1, 0.15) is 13.8 Å². The van der Waals surface area contributed by atoms with Crippen LogP contribution in [0.3, 0.4) is 0 Å². The van der Waals surface area contributed by atoms with Gasteiger partial charge in [0.05, 0.1) is 8.95 Å². The van der Waals surface area contributed by atoms with Gasteiger partial charge in [-0.15, -0.1) is 0 Å². The van der Waals surface area contributed by atoms with Crippen LogP contribution < -0.4 is 4.74 Å². The van der Waals surface area contributed by atoms with Gasteiger partial charge in [-0.1, -0.05) is 22.5 Å². The Morgan fingerprint density at radius 2 is 1.75 bits per heavy atom. The highest BCUT2D eigenvalue weighted by molar-refractivity contribution is 9.11. The minimum atomic E-state index is -0.733. The number of benzene rings is 1. The largest absolute Gasteiger partial charge is 0.463 e. The maximum atomic E-state index is 11.0. The first-order chi connectivity index (χ1) is 9.33. The molecule has 0 spiro atoms. The fraction of sp³-hybridized carbons (Fsp3) is 0.308. The summed E-state index contributed by atoms with van der Waals surface area (Å²) >= 11 is 10.2. The molecular formula is C13H13Br3O4. The Morgan fingerprint density at radius 1 is 1.20 bits per heavy atom. The van der Waals surface area contributed by atoms with E-state index in [1.165, 1.54) is 0 Å². The molecule has 1 aromatic rings. The first-order valence-electron chi connectivity index (χ1n) is 5.63. The molecule has 0 fully saturated rings. The van der Waals surface area contributed by atoms with Crippen LogP contribution in [0.2, 0.25) is 0 Å². The second kappa shape index (κ2) is 8.17. The Labute approximate surface area is 142 Å². The Bertz CT molecular complexity index is 481. The minimum Gasteiger partial charge on any atom is -0.463 e. The van der Waals surface area contributed by atoms with Gasteiger partial charge < -0.3 is 14.2 Å². The van der Waals surface area contributed by atoms with Crippen LogP contribution in [-0.2, 0) is 14.3 Å². The zero-order chi connectivity index (χ0) is 15.3. The number of halogens is 3. The Balaban J connectivity index is 2.65. The molecule has 0 aliphatic heterocycles. The summed E-state index contributed by atoms with van der Waals surface area (Å²) in [6, 6.07) is 3.71. The summed E-state index contributed by atoms with van der Waals surface area (Å²) in [7, 11) is 0. The predicted octanol–water partition coefficient (Wildman–Crippen LogP) is 4.79. The van der Waals surface area contributed by atoms with Crippen molar-refractivity contribution in [1.29, 1.82) is 0 Å². The number of carbonyl (C=O) groups is 1. The molecule has 0 heterocycles. The number of hydrogen-bond donors (Lipinski definition) is 0. The van der Waals surface area contributed by atoms with Gasteiger partial charge in [-0.05, 0) is 57.8 Å². The lowest BCUT2D eigenvalue weighted by molar-refractivity contribution is -0.204. The first kappa shape index (κ1) is 17.7. The van der Waals surface area contributed by atoms with Crippen LogP contribution in [0.15, 0.2) is 38.2 Å². The SMILES string of the molecule is C=CC(=O)OC(C)OC(C)Oc1c(Br)cc(Br)cc1Br. The van der Waals surface area contributed by atoms with Crippen LogP contribution in [0, 0.1) is 0 Å². The zero-order valence-corrected chi connectivity index (χ0v) is 15.6. The molecule has 0 aliphatic carbocycles. The molecule has 0 amide bonds. The molecule has 2 unspecified atom stereocenters. The Morgan fingerprint density at radius 3 is 2.25 bits per heavy atom. The van der Waals surface area contributed by atoms with Crippen molar-refractivity contribution in [3.63, 3.8) is 0 Å². The second-order valence-electron chi connectivity index (χ2n) is 3.73. The molecule has 4 nitrogen and oxygen atoms in total. The van der Waals surface area contributed by atoms with Crippen LogP contribution in [0.4, 0.5) is 0 Å². The number of hydrogen-bond acceptors (Lipinski definition) is 4. The van der Waals surface area contributed by atoms with Crippen molar-refractivity contribution >= 4 is 53.8 Å². The number of carbonyl (C=O) groups excluding carboxylic acids is 1. The van der Waals surface area contributed by atoms with Gasteiger partial charge >= 0.3 is 5.97 Å². The summed E-state index contributed by atoms with van der Waals surface area (Å²) in [6.45, 7) is 6.63.